The van der Waals surface area contributed by atoms with Crippen LogP contribution in [0, 0.1) is 13.8 Å². The predicted molar refractivity (Wildman–Crippen MR) is 172 cm³/mol. The minimum Gasteiger partial charge on any atom is -0.497 e. The average Bonchev–Trinajstić information content (AvgIpc) is 3.37. The van der Waals surface area contributed by atoms with E-state index in [0.29, 0.717) is 43.6 Å². The largest absolute Gasteiger partial charge is 0.497 e. The molecule has 1 atom stereocenters. The first-order chi connectivity index (χ1) is 21.4. The van der Waals surface area contributed by atoms with Gasteiger partial charge in [0, 0.05) is 29.8 Å². The normalized spacial score (nSPS) is 16.8. The van der Waals surface area contributed by atoms with Gasteiger partial charge in [-0.2, -0.15) is 5.10 Å². The van der Waals surface area contributed by atoms with Gasteiger partial charge in [-0.25, -0.2) is 4.68 Å². The van der Waals surface area contributed by atoms with Gasteiger partial charge in [-0.1, -0.05) is 48.0 Å². The molecule has 2 aliphatic rings. The molecule has 0 radical (unpaired) electrons. The van der Waals surface area contributed by atoms with Gasteiger partial charge in [0.15, 0.2) is 0 Å². The summed E-state index contributed by atoms with van der Waals surface area (Å²) in [4.78, 5) is 31.2. The number of hydrogen-bond donors (Lipinski definition) is 0. The van der Waals surface area contributed by atoms with E-state index in [0.717, 1.165) is 39.2 Å². The van der Waals surface area contributed by atoms with E-state index in [1.165, 1.54) is 11.8 Å². The van der Waals surface area contributed by atoms with Crippen molar-refractivity contribution >= 4 is 29.4 Å². The van der Waals surface area contributed by atoms with Crippen LogP contribution in [0.5, 0.6) is 11.5 Å². The summed E-state index contributed by atoms with van der Waals surface area (Å²) in [7, 11) is 3.27. The van der Waals surface area contributed by atoms with Crippen LogP contribution >= 0.6 is 11.8 Å². The van der Waals surface area contributed by atoms with Gasteiger partial charge in [-0.3, -0.25) is 14.5 Å². The molecule has 44 heavy (non-hydrogen) atoms. The van der Waals surface area contributed by atoms with Crippen LogP contribution in [0.1, 0.15) is 27.5 Å². The maximum Gasteiger partial charge on any atom is 0.242 e. The Hall–Kier alpha value is -4.28. The van der Waals surface area contributed by atoms with Crippen LogP contribution in [0.3, 0.4) is 0 Å². The van der Waals surface area contributed by atoms with E-state index in [9.17, 15) is 9.59 Å². The van der Waals surface area contributed by atoms with Crippen LogP contribution < -0.4 is 14.4 Å². The molecule has 3 heterocycles. The Morgan fingerprint density at radius 1 is 1.00 bits per heavy atom. The average molecular weight is 613 g/mol. The van der Waals surface area contributed by atoms with Gasteiger partial charge in [0.05, 0.1) is 49.8 Å². The lowest BCUT2D eigenvalue weighted by atomic mass is 9.98. The summed E-state index contributed by atoms with van der Waals surface area (Å²) >= 11 is 1.50. The predicted octanol–water partition coefficient (Wildman–Crippen LogP) is 5.20. The van der Waals surface area contributed by atoms with Crippen molar-refractivity contribution in [2.45, 2.75) is 19.1 Å². The lowest BCUT2D eigenvalue weighted by Crippen LogP contribution is -2.48. The number of aryl methyl sites for hydroxylation is 2. The standard InChI is InChI=1S/C34H36N4O5S/c1-22-10-12-27(23(2)18-22)38-34-31(32(35-38)24-8-6-5-7-9-24)33(26-19-25(41-3)11-13-28(26)42-4)44-21-30(40)37(34)20-29(39)36-14-16-43-17-15-36/h5-13,18-19,33H,14-17,20-21H2,1-4H3/t33-/m0/s1. The monoisotopic (exact) mass is 612 g/mol. The fraction of sp³-hybridized carbons (Fsp3) is 0.324. The summed E-state index contributed by atoms with van der Waals surface area (Å²) in [6, 6.07) is 21.9. The SMILES string of the molecule is COc1ccc(OC)c([C@@H]2SCC(=O)N(CC(=O)N3CCOCC3)c3c2c(-c2ccccc2)nn3-c2ccc(C)cc2C)c1. The highest BCUT2D eigenvalue weighted by atomic mass is 32.2. The highest BCUT2D eigenvalue weighted by molar-refractivity contribution is 8.00. The first-order valence-corrected chi connectivity index (χ1v) is 15.7. The Morgan fingerprint density at radius 2 is 1.77 bits per heavy atom. The molecule has 0 spiro atoms. The van der Waals surface area contributed by atoms with Crippen molar-refractivity contribution in [2.75, 3.05) is 57.7 Å². The van der Waals surface area contributed by atoms with Gasteiger partial charge in [0.1, 0.15) is 23.9 Å². The van der Waals surface area contributed by atoms with Crippen LogP contribution in [-0.4, -0.2) is 79.3 Å². The number of methoxy groups -OCH3 is 2. The second-order valence-corrected chi connectivity index (χ2v) is 12.0. The number of hydrogen-bond acceptors (Lipinski definition) is 7. The molecule has 2 aliphatic heterocycles. The number of carbonyl (C=O) groups excluding carboxylic acids is 2. The molecule has 3 aromatic carbocycles. The number of rotatable bonds is 7. The van der Waals surface area contributed by atoms with Crippen LogP contribution in [-0.2, 0) is 14.3 Å². The van der Waals surface area contributed by atoms with Crippen molar-refractivity contribution in [3.05, 3.63) is 89.0 Å². The van der Waals surface area contributed by atoms with Gasteiger partial charge in [0.25, 0.3) is 0 Å². The van der Waals surface area contributed by atoms with Crippen LogP contribution in [0.4, 0.5) is 5.82 Å². The van der Waals surface area contributed by atoms with Gasteiger partial charge < -0.3 is 19.1 Å². The molecular formula is C34H36N4O5S. The Labute approximate surface area is 261 Å². The van der Waals surface area contributed by atoms with Gasteiger partial charge >= 0.3 is 0 Å². The van der Waals surface area contributed by atoms with Crippen LogP contribution in [0.2, 0.25) is 0 Å². The van der Waals surface area contributed by atoms with Crippen molar-refractivity contribution in [2.24, 2.45) is 0 Å². The molecule has 9 nitrogen and oxygen atoms in total. The minimum atomic E-state index is -0.350. The van der Waals surface area contributed by atoms with E-state index >= 15 is 0 Å². The molecule has 1 saturated heterocycles. The Balaban J connectivity index is 1.63. The maximum atomic E-state index is 14.1. The van der Waals surface area contributed by atoms with E-state index in [1.54, 1.807) is 24.0 Å². The van der Waals surface area contributed by atoms with E-state index in [2.05, 4.69) is 6.07 Å². The van der Waals surface area contributed by atoms with E-state index < -0.39 is 0 Å². The van der Waals surface area contributed by atoms with E-state index in [4.69, 9.17) is 19.3 Å². The fourth-order valence-electron chi connectivity index (χ4n) is 5.88. The molecule has 4 aromatic rings. The van der Waals surface area contributed by atoms with Crippen molar-refractivity contribution in [1.82, 2.24) is 14.7 Å². The summed E-state index contributed by atoms with van der Waals surface area (Å²) in [5, 5.41) is 4.89. The Bertz CT molecular complexity index is 1680. The quantitative estimate of drug-likeness (QED) is 0.284. The topological polar surface area (TPSA) is 86.1 Å². The number of ether oxygens (including phenoxy) is 3. The third-order valence-corrected chi connectivity index (χ3v) is 9.33. The third kappa shape index (κ3) is 5.67. The molecule has 0 saturated carbocycles. The second-order valence-electron chi connectivity index (χ2n) is 10.9. The molecule has 2 amide bonds. The molecule has 0 unspecified atom stereocenters. The Morgan fingerprint density at radius 3 is 2.48 bits per heavy atom. The number of morpholine rings is 1. The fourth-order valence-corrected chi connectivity index (χ4v) is 7.09. The summed E-state index contributed by atoms with van der Waals surface area (Å²) in [5.74, 6) is 1.83. The first-order valence-electron chi connectivity index (χ1n) is 14.6. The molecule has 6 rings (SSSR count). The number of fused-ring (bicyclic) bond motifs is 1. The number of thioether (sulfide) groups is 1. The van der Waals surface area contributed by atoms with Gasteiger partial charge in [-0.15, -0.1) is 11.8 Å². The number of anilines is 1. The number of amides is 2. The highest BCUT2D eigenvalue weighted by Crippen LogP contribution is 2.51. The molecule has 0 N–H and O–H groups in total. The zero-order valence-corrected chi connectivity index (χ0v) is 26.2. The van der Waals surface area contributed by atoms with E-state index in [-0.39, 0.29) is 29.4 Å². The van der Waals surface area contributed by atoms with Gasteiger partial charge in [-0.05, 0) is 43.7 Å². The highest BCUT2D eigenvalue weighted by Gasteiger charge is 2.39. The van der Waals surface area contributed by atoms with Crippen molar-refractivity contribution in [3.63, 3.8) is 0 Å². The lowest BCUT2D eigenvalue weighted by Gasteiger charge is -2.30. The van der Waals surface area contributed by atoms with Crippen molar-refractivity contribution in [1.29, 1.82) is 0 Å². The second kappa shape index (κ2) is 12.8. The van der Waals surface area contributed by atoms with Crippen LogP contribution in [0.25, 0.3) is 16.9 Å². The van der Waals surface area contributed by atoms with Gasteiger partial charge in [0.2, 0.25) is 11.8 Å². The smallest absolute Gasteiger partial charge is 0.242 e. The molecular weight excluding hydrogens is 576 g/mol. The molecule has 0 bridgehead atoms. The zero-order valence-electron chi connectivity index (χ0n) is 25.4. The number of benzene rings is 3. The molecule has 1 aromatic heterocycles. The van der Waals surface area contributed by atoms with Crippen molar-refractivity contribution in [3.8, 4) is 28.4 Å². The number of carbonyl (C=O) groups is 2. The van der Waals surface area contributed by atoms with Crippen molar-refractivity contribution < 1.29 is 23.8 Å². The summed E-state index contributed by atoms with van der Waals surface area (Å²) < 4.78 is 18.8. The summed E-state index contributed by atoms with van der Waals surface area (Å²) in [6.45, 7) is 5.95. The number of nitrogens with zero attached hydrogens (tertiary/aromatic N) is 4. The summed E-state index contributed by atoms with van der Waals surface area (Å²) in [5.41, 5.74) is 6.33. The molecule has 1 fully saturated rings. The minimum absolute atomic E-state index is 0.0980. The molecule has 0 aliphatic carbocycles. The summed E-state index contributed by atoms with van der Waals surface area (Å²) in [6.07, 6.45) is 0. The van der Waals surface area contributed by atoms with E-state index in [1.807, 2.05) is 79.2 Å². The molecule has 228 valence electrons. The first kappa shape index (κ1) is 29.8. The van der Waals surface area contributed by atoms with Crippen LogP contribution in [0.15, 0.2) is 66.7 Å². The molecule has 10 heteroatoms. The third-order valence-electron chi connectivity index (χ3n) is 8.09. The lowest BCUT2D eigenvalue weighted by molar-refractivity contribution is -0.134. The number of aromatic nitrogens is 2. The maximum absolute atomic E-state index is 14.1. The Kier molecular flexibility index (Phi) is 8.63. The zero-order chi connectivity index (χ0) is 30.8.